The highest BCUT2D eigenvalue weighted by atomic mass is 15.3. The Labute approximate surface area is 100.0 Å². The van der Waals surface area contributed by atoms with Crippen molar-refractivity contribution in [1.29, 1.82) is 0 Å². The zero-order chi connectivity index (χ0) is 11.6. The highest BCUT2D eigenvalue weighted by molar-refractivity contribution is 4.93. The molecule has 0 aromatic rings. The first-order chi connectivity index (χ1) is 7.59. The fourth-order valence-electron chi connectivity index (χ4n) is 2.77. The normalized spacial score (nSPS) is 27.0. The van der Waals surface area contributed by atoms with E-state index in [9.17, 15) is 0 Å². The number of nitrogens with two attached hydrogens (primary N) is 1. The van der Waals surface area contributed by atoms with Crippen LogP contribution in [-0.4, -0.2) is 54.1 Å². The molecule has 1 saturated carbocycles. The van der Waals surface area contributed by atoms with E-state index in [-0.39, 0.29) is 5.54 Å². The summed E-state index contributed by atoms with van der Waals surface area (Å²) in [5.41, 5.74) is 6.46. The van der Waals surface area contributed by atoms with Gasteiger partial charge < -0.3 is 10.6 Å². The van der Waals surface area contributed by atoms with Crippen LogP contribution in [0.2, 0.25) is 0 Å². The summed E-state index contributed by atoms with van der Waals surface area (Å²) in [6.07, 6.45) is 5.05. The van der Waals surface area contributed by atoms with Crippen molar-refractivity contribution in [2.24, 2.45) is 5.73 Å². The van der Waals surface area contributed by atoms with Crippen LogP contribution in [0.25, 0.3) is 0 Å². The molecule has 0 atom stereocenters. The summed E-state index contributed by atoms with van der Waals surface area (Å²) in [5, 5.41) is 0. The van der Waals surface area contributed by atoms with E-state index in [0.29, 0.717) is 6.04 Å². The molecule has 2 rings (SSSR count). The Balaban J connectivity index is 1.65. The Hall–Kier alpha value is -0.120. The molecule has 16 heavy (non-hydrogen) atoms. The molecule has 0 aromatic carbocycles. The van der Waals surface area contributed by atoms with Gasteiger partial charge in [-0.15, -0.1) is 0 Å². The van der Waals surface area contributed by atoms with Crippen LogP contribution in [0.15, 0.2) is 0 Å². The molecule has 1 heterocycles. The van der Waals surface area contributed by atoms with Crippen molar-refractivity contribution < 1.29 is 0 Å². The van der Waals surface area contributed by atoms with Gasteiger partial charge in [-0.25, -0.2) is 0 Å². The van der Waals surface area contributed by atoms with Gasteiger partial charge in [-0.1, -0.05) is 0 Å². The molecule has 94 valence electrons. The van der Waals surface area contributed by atoms with Crippen molar-refractivity contribution in [2.75, 3.05) is 32.7 Å². The lowest BCUT2D eigenvalue weighted by Gasteiger charge is -2.42. The average molecular weight is 225 g/mol. The molecular weight excluding hydrogens is 198 g/mol. The van der Waals surface area contributed by atoms with Crippen LogP contribution < -0.4 is 5.73 Å². The Morgan fingerprint density at radius 3 is 2.19 bits per heavy atom. The smallest absolute Gasteiger partial charge is 0.0166 e. The first-order valence-corrected chi connectivity index (χ1v) is 6.84. The van der Waals surface area contributed by atoms with Gasteiger partial charge in [0.15, 0.2) is 0 Å². The van der Waals surface area contributed by atoms with Crippen LogP contribution >= 0.6 is 0 Å². The molecule has 0 unspecified atom stereocenters. The maximum absolute atomic E-state index is 6.26. The number of nitrogens with zero attached hydrogens (tertiary/aromatic N) is 2. The summed E-state index contributed by atoms with van der Waals surface area (Å²) < 4.78 is 0. The lowest BCUT2D eigenvalue weighted by atomic mass is 9.75. The Bertz CT molecular complexity index is 215. The summed E-state index contributed by atoms with van der Waals surface area (Å²) in [5.74, 6) is 0. The topological polar surface area (TPSA) is 32.5 Å². The van der Waals surface area contributed by atoms with Crippen molar-refractivity contribution in [2.45, 2.75) is 51.1 Å². The van der Waals surface area contributed by atoms with Gasteiger partial charge in [0, 0.05) is 37.8 Å². The van der Waals surface area contributed by atoms with Gasteiger partial charge in [-0.05, 0) is 46.1 Å². The molecule has 0 aromatic heterocycles. The quantitative estimate of drug-likeness (QED) is 0.782. The van der Waals surface area contributed by atoms with Crippen LogP contribution in [0.1, 0.15) is 39.5 Å². The van der Waals surface area contributed by atoms with Gasteiger partial charge in [-0.3, -0.25) is 4.90 Å². The van der Waals surface area contributed by atoms with E-state index < -0.39 is 0 Å². The zero-order valence-corrected chi connectivity index (χ0v) is 10.9. The molecule has 0 amide bonds. The Morgan fingerprint density at radius 1 is 1.12 bits per heavy atom. The first-order valence-electron chi connectivity index (χ1n) is 6.84. The Kier molecular flexibility index (Phi) is 3.88. The predicted molar refractivity (Wildman–Crippen MR) is 68.5 cm³/mol. The van der Waals surface area contributed by atoms with Crippen molar-refractivity contribution in [3.63, 3.8) is 0 Å². The van der Waals surface area contributed by atoms with Crippen molar-refractivity contribution in [3.05, 3.63) is 0 Å². The third-order valence-electron chi connectivity index (χ3n) is 4.41. The fourth-order valence-corrected chi connectivity index (χ4v) is 2.77. The van der Waals surface area contributed by atoms with Gasteiger partial charge in [0.25, 0.3) is 0 Å². The van der Waals surface area contributed by atoms with E-state index in [2.05, 4.69) is 23.6 Å². The average Bonchev–Trinajstić information content (AvgIpc) is 2.24. The van der Waals surface area contributed by atoms with E-state index in [4.69, 9.17) is 5.73 Å². The summed E-state index contributed by atoms with van der Waals surface area (Å²) >= 11 is 0. The summed E-state index contributed by atoms with van der Waals surface area (Å²) in [4.78, 5) is 5.16. The van der Waals surface area contributed by atoms with Crippen LogP contribution in [0.4, 0.5) is 0 Å². The molecule has 1 saturated heterocycles. The maximum Gasteiger partial charge on any atom is 0.0166 e. The minimum absolute atomic E-state index is 0.204. The van der Waals surface area contributed by atoms with Crippen LogP contribution in [0, 0.1) is 0 Å². The SMILES string of the molecule is CC(C)N1CCN(CCC2(N)CCC2)CC1. The van der Waals surface area contributed by atoms with Crippen LogP contribution in [0.5, 0.6) is 0 Å². The molecule has 2 aliphatic rings. The van der Waals surface area contributed by atoms with E-state index in [1.54, 1.807) is 0 Å². The maximum atomic E-state index is 6.26. The molecule has 0 radical (unpaired) electrons. The van der Waals surface area contributed by atoms with E-state index >= 15 is 0 Å². The molecule has 3 nitrogen and oxygen atoms in total. The molecule has 1 aliphatic heterocycles. The van der Waals surface area contributed by atoms with E-state index in [1.807, 2.05) is 0 Å². The van der Waals surface area contributed by atoms with Crippen molar-refractivity contribution in [3.8, 4) is 0 Å². The minimum atomic E-state index is 0.204. The van der Waals surface area contributed by atoms with Crippen LogP contribution in [-0.2, 0) is 0 Å². The highest BCUT2D eigenvalue weighted by Crippen LogP contribution is 2.32. The molecule has 0 bridgehead atoms. The Morgan fingerprint density at radius 2 is 1.75 bits per heavy atom. The fraction of sp³-hybridized carbons (Fsp3) is 1.00. The third-order valence-corrected chi connectivity index (χ3v) is 4.41. The highest BCUT2D eigenvalue weighted by Gasteiger charge is 2.32. The van der Waals surface area contributed by atoms with Gasteiger partial charge in [0.1, 0.15) is 0 Å². The molecule has 2 fully saturated rings. The van der Waals surface area contributed by atoms with Gasteiger partial charge in [0.05, 0.1) is 0 Å². The minimum Gasteiger partial charge on any atom is -0.325 e. The number of piperazine rings is 1. The predicted octanol–water partition coefficient (Wildman–Crippen LogP) is 1.28. The number of rotatable bonds is 4. The molecular formula is C13H27N3. The van der Waals surface area contributed by atoms with Crippen molar-refractivity contribution >= 4 is 0 Å². The second-order valence-corrected chi connectivity index (χ2v) is 5.94. The standard InChI is InChI=1S/C13H27N3/c1-12(2)16-10-8-15(9-11-16)7-6-13(14)4-3-5-13/h12H,3-11,14H2,1-2H3. The second-order valence-electron chi connectivity index (χ2n) is 5.94. The molecule has 0 spiro atoms. The van der Waals surface area contributed by atoms with Gasteiger partial charge >= 0.3 is 0 Å². The van der Waals surface area contributed by atoms with Gasteiger partial charge in [0.2, 0.25) is 0 Å². The largest absolute Gasteiger partial charge is 0.325 e. The summed E-state index contributed by atoms with van der Waals surface area (Å²) in [7, 11) is 0. The van der Waals surface area contributed by atoms with E-state index in [0.717, 1.165) is 0 Å². The monoisotopic (exact) mass is 225 g/mol. The number of hydrogen-bond acceptors (Lipinski definition) is 3. The molecule has 2 N–H and O–H groups in total. The molecule has 3 heteroatoms. The third kappa shape index (κ3) is 2.96. The van der Waals surface area contributed by atoms with Crippen molar-refractivity contribution in [1.82, 2.24) is 9.80 Å². The summed E-state index contributed by atoms with van der Waals surface area (Å²) in [6.45, 7) is 10.7. The van der Waals surface area contributed by atoms with Gasteiger partial charge in [-0.2, -0.15) is 0 Å². The number of hydrogen-bond donors (Lipinski definition) is 1. The lowest BCUT2D eigenvalue weighted by molar-refractivity contribution is 0.0947. The summed E-state index contributed by atoms with van der Waals surface area (Å²) in [6, 6.07) is 0.703. The zero-order valence-electron chi connectivity index (χ0n) is 10.9. The first kappa shape index (κ1) is 12.3. The van der Waals surface area contributed by atoms with Crippen LogP contribution in [0.3, 0.4) is 0 Å². The second kappa shape index (κ2) is 5.03. The van der Waals surface area contributed by atoms with E-state index in [1.165, 1.54) is 58.4 Å². The molecule has 1 aliphatic carbocycles. The lowest BCUT2D eigenvalue weighted by Crippen LogP contribution is -2.52.